The summed E-state index contributed by atoms with van der Waals surface area (Å²) in [5, 5.41) is 13.8. The van der Waals surface area contributed by atoms with Crippen LogP contribution in [0.2, 0.25) is 0 Å². The Morgan fingerprint density at radius 3 is 2.76 bits per heavy atom. The minimum absolute atomic E-state index is 0.110. The lowest BCUT2D eigenvalue weighted by molar-refractivity contribution is 0.0284. The van der Waals surface area contributed by atoms with Gasteiger partial charge in [-0.1, -0.05) is 0 Å². The van der Waals surface area contributed by atoms with Gasteiger partial charge in [-0.2, -0.15) is 0 Å². The Balaban J connectivity index is 1.74. The molecule has 2 rings (SSSR count). The highest BCUT2D eigenvalue weighted by Crippen LogP contribution is 2.28. The number of rotatable bonds is 3. The van der Waals surface area contributed by atoms with Gasteiger partial charge in [-0.25, -0.2) is 4.79 Å². The molecule has 0 radical (unpaired) electrons. The average Bonchev–Trinajstić information content (AvgIpc) is 2.92. The van der Waals surface area contributed by atoms with Crippen LogP contribution in [0.1, 0.15) is 46.5 Å². The first-order valence-corrected chi connectivity index (χ1v) is 7.86. The SMILES string of the molecule is CC(C)(C)OC(=O)N1CCC(NCC2(O)CCC(N)C2)C1. The van der Waals surface area contributed by atoms with Crippen LogP contribution in [0.3, 0.4) is 0 Å². The molecule has 0 bridgehead atoms. The lowest BCUT2D eigenvalue weighted by Crippen LogP contribution is -2.45. The Morgan fingerprint density at radius 1 is 1.48 bits per heavy atom. The molecular formula is C15H29N3O3. The molecule has 0 spiro atoms. The molecule has 0 aromatic heterocycles. The predicted octanol–water partition coefficient (Wildman–Crippen LogP) is 0.828. The van der Waals surface area contributed by atoms with Crippen molar-refractivity contribution in [3.8, 4) is 0 Å². The third-order valence-electron chi connectivity index (χ3n) is 4.18. The van der Waals surface area contributed by atoms with Gasteiger partial charge in [0.15, 0.2) is 0 Å². The molecule has 3 atom stereocenters. The van der Waals surface area contributed by atoms with Crippen molar-refractivity contribution in [2.45, 2.75) is 69.7 Å². The molecule has 0 aromatic carbocycles. The number of aliphatic hydroxyl groups is 1. The summed E-state index contributed by atoms with van der Waals surface area (Å²) in [7, 11) is 0. The van der Waals surface area contributed by atoms with Gasteiger partial charge in [0.1, 0.15) is 5.60 Å². The zero-order valence-electron chi connectivity index (χ0n) is 13.4. The highest BCUT2D eigenvalue weighted by atomic mass is 16.6. The Hall–Kier alpha value is -0.850. The summed E-state index contributed by atoms with van der Waals surface area (Å²) in [4.78, 5) is 13.7. The first kappa shape index (κ1) is 16.5. The van der Waals surface area contributed by atoms with Gasteiger partial charge in [-0.3, -0.25) is 0 Å². The Kier molecular flexibility index (Phi) is 4.80. The van der Waals surface area contributed by atoms with Crippen molar-refractivity contribution in [1.82, 2.24) is 10.2 Å². The van der Waals surface area contributed by atoms with Crippen LogP contribution in [0.4, 0.5) is 4.79 Å². The van der Waals surface area contributed by atoms with E-state index < -0.39 is 11.2 Å². The molecule has 1 aliphatic carbocycles. The summed E-state index contributed by atoms with van der Waals surface area (Å²) in [6.45, 7) is 7.50. The van der Waals surface area contributed by atoms with Gasteiger partial charge >= 0.3 is 6.09 Å². The van der Waals surface area contributed by atoms with E-state index in [1.54, 1.807) is 4.90 Å². The van der Waals surface area contributed by atoms with Crippen molar-refractivity contribution in [2.75, 3.05) is 19.6 Å². The van der Waals surface area contributed by atoms with E-state index in [1.807, 2.05) is 20.8 Å². The van der Waals surface area contributed by atoms with E-state index >= 15 is 0 Å². The maximum absolute atomic E-state index is 12.0. The van der Waals surface area contributed by atoms with Crippen molar-refractivity contribution in [1.29, 1.82) is 0 Å². The fourth-order valence-corrected chi connectivity index (χ4v) is 3.06. The summed E-state index contributed by atoms with van der Waals surface area (Å²) in [5.41, 5.74) is 4.72. The zero-order valence-corrected chi connectivity index (χ0v) is 13.4. The van der Waals surface area contributed by atoms with E-state index in [1.165, 1.54) is 0 Å². The van der Waals surface area contributed by atoms with E-state index in [0.717, 1.165) is 19.3 Å². The molecule has 4 N–H and O–H groups in total. The number of nitrogens with two attached hydrogens (primary N) is 1. The minimum atomic E-state index is -0.682. The number of nitrogens with one attached hydrogen (secondary N) is 1. The summed E-state index contributed by atoms with van der Waals surface area (Å²) < 4.78 is 5.38. The van der Waals surface area contributed by atoms with Crippen LogP contribution in [-0.4, -0.2) is 59.0 Å². The predicted molar refractivity (Wildman–Crippen MR) is 81.0 cm³/mol. The normalized spacial score (nSPS) is 33.5. The lowest BCUT2D eigenvalue weighted by atomic mass is 10.0. The van der Waals surface area contributed by atoms with Gasteiger partial charge in [0.05, 0.1) is 5.60 Å². The van der Waals surface area contributed by atoms with Gasteiger partial charge in [0.2, 0.25) is 0 Å². The number of ether oxygens (including phenoxy) is 1. The molecule has 1 aliphatic heterocycles. The van der Waals surface area contributed by atoms with E-state index in [-0.39, 0.29) is 18.2 Å². The van der Waals surface area contributed by atoms with Crippen molar-refractivity contribution in [2.24, 2.45) is 5.73 Å². The highest BCUT2D eigenvalue weighted by molar-refractivity contribution is 5.68. The minimum Gasteiger partial charge on any atom is -0.444 e. The fourth-order valence-electron chi connectivity index (χ4n) is 3.06. The third kappa shape index (κ3) is 4.83. The van der Waals surface area contributed by atoms with Crippen molar-refractivity contribution in [3.63, 3.8) is 0 Å². The van der Waals surface area contributed by atoms with Gasteiger partial charge in [0, 0.05) is 31.7 Å². The standard InChI is InChI=1S/C15H29N3O3/c1-14(2,3)21-13(19)18-7-5-12(9-18)17-10-15(20)6-4-11(16)8-15/h11-12,17,20H,4-10,16H2,1-3H3. The number of nitrogens with zero attached hydrogens (tertiary/aromatic N) is 1. The number of hydrogen-bond donors (Lipinski definition) is 3. The molecule has 1 amide bonds. The summed E-state index contributed by atoms with van der Waals surface area (Å²) in [5.74, 6) is 0. The first-order chi connectivity index (χ1) is 9.67. The highest BCUT2D eigenvalue weighted by Gasteiger charge is 2.37. The topological polar surface area (TPSA) is 87.8 Å². The Morgan fingerprint density at radius 2 is 2.19 bits per heavy atom. The van der Waals surface area contributed by atoms with E-state index in [2.05, 4.69) is 5.32 Å². The fraction of sp³-hybridized carbons (Fsp3) is 0.933. The molecule has 0 aromatic rings. The zero-order chi connectivity index (χ0) is 15.7. The second kappa shape index (κ2) is 6.10. The molecule has 3 unspecified atom stereocenters. The molecule has 6 nitrogen and oxygen atoms in total. The van der Waals surface area contributed by atoms with Crippen LogP contribution in [0, 0.1) is 0 Å². The van der Waals surface area contributed by atoms with Crippen LogP contribution in [0.15, 0.2) is 0 Å². The van der Waals surface area contributed by atoms with E-state index in [4.69, 9.17) is 10.5 Å². The molecule has 21 heavy (non-hydrogen) atoms. The van der Waals surface area contributed by atoms with Crippen LogP contribution in [-0.2, 0) is 4.74 Å². The van der Waals surface area contributed by atoms with Gasteiger partial charge in [-0.05, 0) is 46.5 Å². The summed E-state index contributed by atoms with van der Waals surface area (Å²) in [6.07, 6.45) is 2.92. The van der Waals surface area contributed by atoms with Crippen LogP contribution < -0.4 is 11.1 Å². The van der Waals surface area contributed by atoms with Crippen LogP contribution >= 0.6 is 0 Å². The molecule has 122 valence electrons. The Bertz CT molecular complexity index is 383. The van der Waals surface area contributed by atoms with Gasteiger partial charge in [-0.15, -0.1) is 0 Å². The molecule has 1 saturated carbocycles. The lowest BCUT2D eigenvalue weighted by Gasteiger charge is -2.26. The Labute approximate surface area is 127 Å². The van der Waals surface area contributed by atoms with Crippen molar-refractivity contribution >= 4 is 6.09 Å². The summed E-state index contributed by atoms with van der Waals surface area (Å²) in [6, 6.07) is 0.331. The van der Waals surface area contributed by atoms with E-state index in [9.17, 15) is 9.90 Å². The molecule has 1 saturated heterocycles. The maximum atomic E-state index is 12.0. The average molecular weight is 299 g/mol. The number of hydrogen-bond acceptors (Lipinski definition) is 5. The third-order valence-corrected chi connectivity index (χ3v) is 4.18. The van der Waals surface area contributed by atoms with Crippen molar-refractivity contribution < 1.29 is 14.6 Å². The largest absolute Gasteiger partial charge is 0.444 e. The van der Waals surface area contributed by atoms with Gasteiger partial charge < -0.3 is 25.8 Å². The number of amides is 1. The smallest absolute Gasteiger partial charge is 0.410 e. The molecule has 6 heteroatoms. The number of carbonyl (C=O) groups is 1. The summed E-state index contributed by atoms with van der Waals surface area (Å²) >= 11 is 0. The van der Waals surface area contributed by atoms with E-state index in [0.29, 0.717) is 26.1 Å². The molecule has 2 aliphatic rings. The van der Waals surface area contributed by atoms with Crippen LogP contribution in [0.25, 0.3) is 0 Å². The van der Waals surface area contributed by atoms with Gasteiger partial charge in [0.25, 0.3) is 0 Å². The molecular weight excluding hydrogens is 270 g/mol. The number of carbonyl (C=O) groups excluding carboxylic acids is 1. The molecule has 2 fully saturated rings. The quantitative estimate of drug-likeness (QED) is 0.718. The monoisotopic (exact) mass is 299 g/mol. The second-order valence-corrected chi connectivity index (χ2v) is 7.52. The first-order valence-electron chi connectivity index (χ1n) is 7.86. The number of likely N-dealkylation sites (tertiary alicyclic amines) is 1. The molecule has 1 heterocycles. The second-order valence-electron chi connectivity index (χ2n) is 7.52. The maximum Gasteiger partial charge on any atom is 0.410 e. The van der Waals surface area contributed by atoms with Crippen LogP contribution in [0.5, 0.6) is 0 Å². The van der Waals surface area contributed by atoms with Crippen molar-refractivity contribution in [3.05, 3.63) is 0 Å².